The zero-order chi connectivity index (χ0) is 19.8. The second kappa shape index (κ2) is 6.58. The number of rotatable bonds is 4. The Balaban J connectivity index is 1.64. The topological polar surface area (TPSA) is 114 Å². The molecule has 0 unspecified atom stereocenters. The van der Waals surface area contributed by atoms with Gasteiger partial charge in [-0.25, -0.2) is 18.7 Å². The zero-order valence-electron chi connectivity index (χ0n) is 14.5. The van der Waals surface area contributed by atoms with Crippen molar-refractivity contribution in [1.29, 1.82) is 0 Å². The molecule has 4 rings (SSSR count). The molecule has 0 bridgehead atoms. The molecular weight excluding hydrogens is 367 g/mol. The van der Waals surface area contributed by atoms with Gasteiger partial charge in [0, 0.05) is 30.6 Å². The van der Waals surface area contributed by atoms with Crippen LogP contribution in [0.1, 0.15) is 20.8 Å². The van der Waals surface area contributed by atoms with E-state index in [-0.39, 0.29) is 11.3 Å². The van der Waals surface area contributed by atoms with Crippen LogP contribution in [0.4, 0.5) is 10.1 Å². The number of aromatic nitrogens is 5. The number of aromatic carboxylic acids is 1. The molecule has 0 spiro atoms. The summed E-state index contributed by atoms with van der Waals surface area (Å²) in [5, 5.41) is 19.9. The Morgan fingerprint density at radius 2 is 2.04 bits per heavy atom. The Labute approximate surface area is 157 Å². The number of fused-ring (bicyclic) bond motifs is 1. The quantitative estimate of drug-likeness (QED) is 0.561. The summed E-state index contributed by atoms with van der Waals surface area (Å²) in [7, 11) is 1.48. The number of nitrogens with one attached hydrogen (secondary N) is 1. The molecule has 0 saturated heterocycles. The molecule has 2 N–H and O–H groups in total. The summed E-state index contributed by atoms with van der Waals surface area (Å²) in [6, 6.07) is 9.08. The molecule has 0 atom stereocenters. The third-order valence-corrected chi connectivity index (χ3v) is 4.06. The largest absolute Gasteiger partial charge is 0.478 e. The SMILES string of the molecule is Cn1ncc(C(=O)O)c1C(=O)Nc1ccn2nc(-c3cccc(F)c3)nc2c1. The normalized spacial score (nSPS) is 10.9. The summed E-state index contributed by atoms with van der Waals surface area (Å²) in [6.45, 7) is 0. The van der Waals surface area contributed by atoms with E-state index in [2.05, 4.69) is 20.5 Å². The van der Waals surface area contributed by atoms with E-state index in [0.717, 1.165) is 6.20 Å². The van der Waals surface area contributed by atoms with E-state index in [9.17, 15) is 19.1 Å². The minimum Gasteiger partial charge on any atom is -0.478 e. The molecule has 0 aliphatic carbocycles. The van der Waals surface area contributed by atoms with Gasteiger partial charge in [-0.1, -0.05) is 12.1 Å². The van der Waals surface area contributed by atoms with Crippen LogP contribution in [-0.2, 0) is 7.05 Å². The van der Waals surface area contributed by atoms with Crippen LogP contribution in [0.3, 0.4) is 0 Å². The lowest BCUT2D eigenvalue weighted by atomic mass is 10.2. The fourth-order valence-electron chi connectivity index (χ4n) is 2.76. The number of aryl methyl sites for hydroxylation is 1. The third-order valence-electron chi connectivity index (χ3n) is 4.06. The van der Waals surface area contributed by atoms with E-state index >= 15 is 0 Å². The Morgan fingerprint density at radius 3 is 2.79 bits per heavy atom. The lowest BCUT2D eigenvalue weighted by Crippen LogP contribution is -2.19. The minimum absolute atomic E-state index is 0.0747. The highest BCUT2D eigenvalue weighted by Gasteiger charge is 2.22. The van der Waals surface area contributed by atoms with E-state index in [1.54, 1.807) is 30.5 Å². The summed E-state index contributed by atoms with van der Waals surface area (Å²) < 4.78 is 16.1. The Morgan fingerprint density at radius 1 is 1.21 bits per heavy atom. The number of nitrogens with zero attached hydrogens (tertiary/aromatic N) is 5. The van der Waals surface area contributed by atoms with Crippen LogP contribution >= 0.6 is 0 Å². The van der Waals surface area contributed by atoms with Gasteiger partial charge in [-0.3, -0.25) is 9.48 Å². The molecule has 1 amide bonds. The number of hydrogen-bond acceptors (Lipinski definition) is 5. The maximum absolute atomic E-state index is 13.4. The number of carboxylic acid groups (broad SMARTS) is 1. The molecular formula is C18H13FN6O3. The third kappa shape index (κ3) is 3.07. The number of carbonyl (C=O) groups is 2. The highest BCUT2D eigenvalue weighted by atomic mass is 19.1. The van der Waals surface area contributed by atoms with Gasteiger partial charge in [-0.2, -0.15) is 5.10 Å². The molecule has 3 heterocycles. The smallest absolute Gasteiger partial charge is 0.339 e. The van der Waals surface area contributed by atoms with Crippen molar-refractivity contribution in [2.75, 3.05) is 5.32 Å². The highest BCUT2D eigenvalue weighted by molar-refractivity contribution is 6.09. The van der Waals surface area contributed by atoms with E-state index in [1.165, 1.54) is 28.4 Å². The maximum Gasteiger partial charge on any atom is 0.339 e. The summed E-state index contributed by atoms with van der Waals surface area (Å²) >= 11 is 0. The van der Waals surface area contributed by atoms with Gasteiger partial charge in [0.25, 0.3) is 5.91 Å². The van der Waals surface area contributed by atoms with Crippen LogP contribution in [0.2, 0.25) is 0 Å². The molecule has 10 heteroatoms. The summed E-state index contributed by atoms with van der Waals surface area (Å²) in [6.07, 6.45) is 2.70. The van der Waals surface area contributed by atoms with Crippen molar-refractivity contribution >= 4 is 23.2 Å². The van der Waals surface area contributed by atoms with Gasteiger partial charge in [-0.15, -0.1) is 5.10 Å². The van der Waals surface area contributed by atoms with Crippen molar-refractivity contribution in [3.8, 4) is 11.4 Å². The van der Waals surface area contributed by atoms with Gasteiger partial charge in [0.2, 0.25) is 0 Å². The van der Waals surface area contributed by atoms with Crippen molar-refractivity contribution in [2.45, 2.75) is 0 Å². The maximum atomic E-state index is 13.4. The average Bonchev–Trinajstić information content (AvgIpc) is 3.25. The lowest BCUT2D eigenvalue weighted by molar-refractivity contribution is 0.0692. The van der Waals surface area contributed by atoms with Gasteiger partial charge in [-0.05, 0) is 18.2 Å². The van der Waals surface area contributed by atoms with Gasteiger partial charge in [0.15, 0.2) is 11.5 Å². The molecule has 140 valence electrons. The second-order valence-electron chi connectivity index (χ2n) is 5.95. The molecule has 0 aliphatic heterocycles. The number of pyridine rings is 1. The fourth-order valence-corrected chi connectivity index (χ4v) is 2.76. The first-order chi connectivity index (χ1) is 13.4. The summed E-state index contributed by atoms with van der Waals surface area (Å²) in [4.78, 5) is 28.1. The average molecular weight is 380 g/mol. The van der Waals surface area contributed by atoms with Gasteiger partial charge in [0.05, 0.1) is 6.20 Å². The second-order valence-corrected chi connectivity index (χ2v) is 5.95. The fraction of sp³-hybridized carbons (Fsp3) is 0.0556. The van der Waals surface area contributed by atoms with Crippen molar-refractivity contribution in [3.63, 3.8) is 0 Å². The summed E-state index contributed by atoms with van der Waals surface area (Å²) in [5.41, 5.74) is 1.08. The van der Waals surface area contributed by atoms with Gasteiger partial charge in [0.1, 0.15) is 17.1 Å². The van der Waals surface area contributed by atoms with E-state index < -0.39 is 17.7 Å². The minimum atomic E-state index is -1.24. The molecule has 4 aromatic rings. The first-order valence-corrected chi connectivity index (χ1v) is 8.11. The standard InChI is InChI=1S/C18H13FN6O3/c1-24-15(13(9-20-24)18(27)28)17(26)21-12-5-6-25-14(8-12)22-16(23-25)10-3-2-4-11(19)7-10/h2-9H,1H3,(H,21,26)(H,27,28). The number of hydrogen-bond donors (Lipinski definition) is 2. The molecule has 3 aromatic heterocycles. The first-order valence-electron chi connectivity index (χ1n) is 8.11. The molecule has 0 saturated carbocycles. The molecule has 1 aromatic carbocycles. The van der Waals surface area contributed by atoms with Crippen LogP contribution in [0.15, 0.2) is 48.8 Å². The monoisotopic (exact) mass is 380 g/mol. The number of anilines is 1. The highest BCUT2D eigenvalue weighted by Crippen LogP contribution is 2.19. The molecule has 9 nitrogen and oxygen atoms in total. The first kappa shape index (κ1) is 17.3. The van der Waals surface area contributed by atoms with Crippen molar-refractivity contribution in [1.82, 2.24) is 24.4 Å². The number of carbonyl (C=O) groups excluding carboxylic acids is 1. The number of amides is 1. The van der Waals surface area contributed by atoms with Gasteiger partial charge < -0.3 is 10.4 Å². The van der Waals surface area contributed by atoms with Gasteiger partial charge >= 0.3 is 5.97 Å². The van der Waals surface area contributed by atoms with Crippen molar-refractivity contribution < 1.29 is 19.1 Å². The van der Waals surface area contributed by atoms with E-state index in [0.29, 0.717) is 22.7 Å². The van der Waals surface area contributed by atoms with E-state index in [4.69, 9.17) is 0 Å². The number of carboxylic acids is 1. The number of halogens is 1. The van der Waals surface area contributed by atoms with Crippen LogP contribution in [0, 0.1) is 5.82 Å². The predicted molar refractivity (Wildman–Crippen MR) is 96.5 cm³/mol. The Kier molecular flexibility index (Phi) is 4.07. The van der Waals surface area contributed by atoms with Crippen molar-refractivity contribution in [2.24, 2.45) is 7.05 Å². The Hall–Kier alpha value is -4.08. The van der Waals surface area contributed by atoms with Crippen LogP contribution in [-0.4, -0.2) is 41.4 Å². The van der Waals surface area contributed by atoms with E-state index in [1.807, 2.05) is 0 Å². The number of benzene rings is 1. The van der Waals surface area contributed by atoms with Crippen LogP contribution in [0.25, 0.3) is 17.0 Å². The molecule has 0 aliphatic rings. The van der Waals surface area contributed by atoms with Crippen LogP contribution < -0.4 is 5.32 Å². The lowest BCUT2D eigenvalue weighted by Gasteiger charge is -2.06. The molecule has 28 heavy (non-hydrogen) atoms. The van der Waals surface area contributed by atoms with Crippen LogP contribution in [0.5, 0.6) is 0 Å². The summed E-state index contributed by atoms with van der Waals surface area (Å²) in [5.74, 6) is -1.92. The predicted octanol–water partition coefficient (Wildman–Crippen LogP) is 2.22. The molecule has 0 fully saturated rings. The molecule has 0 radical (unpaired) electrons. The Bertz CT molecular complexity index is 1230. The van der Waals surface area contributed by atoms with Crippen molar-refractivity contribution in [3.05, 3.63) is 65.9 Å². The zero-order valence-corrected chi connectivity index (χ0v) is 14.5.